The van der Waals surface area contributed by atoms with Crippen LogP contribution in [0.2, 0.25) is 0 Å². The number of rotatable bonds is 7. The van der Waals surface area contributed by atoms with Gasteiger partial charge in [0.15, 0.2) is 0 Å². The molecule has 0 aromatic carbocycles. The number of aromatic nitrogens is 2. The Kier molecular flexibility index (Phi) is 5.86. The SMILES string of the molecule is CNCc1cnc(N(C)CCOC(C)C)cn1. The van der Waals surface area contributed by atoms with E-state index in [0.717, 1.165) is 24.6 Å². The molecular weight excluding hydrogens is 216 g/mol. The van der Waals surface area contributed by atoms with Gasteiger partial charge in [0.25, 0.3) is 0 Å². The van der Waals surface area contributed by atoms with E-state index in [1.165, 1.54) is 0 Å². The first-order valence-electron chi connectivity index (χ1n) is 5.91. The van der Waals surface area contributed by atoms with Gasteiger partial charge in [-0.1, -0.05) is 0 Å². The van der Waals surface area contributed by atoms with Crippen LogP contribution in [0, 0.1) is 0 Å². The summed E-state index contributed by atoms with van der Waals surface area (Å²) < 4.78 is 5.50. The summed E-state index contributed by atoms with van der Waals surface area (Å²) in [6.07, 6.45) is 3.86. The zero-order valence-electron chi connectivity index (χ0n) is 11.1. The van der Waals surface area contributed by atoms with Gasteiger partial charge in [-0.25, -0.2) is 4.98 Å². The largest absolute Gasteiger partial charge is 0.377 e. The van der Waals surface area contributed by atoms with E-state index in [4.69, 9.17) is 4.74 Å². The molecule has 0 spiro atoms. The molecule has 0 aliphatic rings. The molecule has 0 aliphatic heterocycles. The van der Waals surface area contributed by atoms with E-state index >= 15 is 0 Å². The maximum atomic E-state index is 5.50. The molecule has 0 bridgehead atoms. The van der Waals surface area contributed by atoms with Crippen molar-refractivity contribution in [2.45, 2.75) is 26.5 Å². The van der Waals surface area contributed by atoms with Crippen molar-refractivity contribution in [3.8, 4) is 0 Å². The van der Waals surface area contributed by atoms with E-state index in [1.807, 2.05) is 32.8 Å². The van der Waals surface area contributed by atoms with Gasteiger partial charge in [-0.05, 0) is 20.9 Å². The molecule has 1 aromatic heterocycles. The highest BCUT2D eigenvalue weighted by Crippen LogP contribution is 2.06. The molecule has 1 aromatic rings. The fourth-order valence-electron chi connectivity index (χ4n) is 1.36. The number of nitrogens with zero attached hydrogens (tertiary/aromatic N) is 3. The second-order valence-corrected chi connectivity index (χ2v) is 4.24. The van der Waals surface area contributed by atoms with Crippen LogP contribution in [0.15, 0.2) is 12.4 Å². The van der Waals surface area contributed by atoms with Crippen LogP contribution >= 0.6 is 0 Å². The molecule has 0 fully saturated rings. The third-order valence-electron chi connectivity index (χ3n) is 2.32. The maximum Gasteiger partial charge on any atom is 0.146 e. The molecule has 0 atom stereocenters. The molecule has 0 aliphatic carbocycles. The van der Waals surface area contributed by atoms with E-state index in [0.29, 0.717) is 6.61 Å². The fraction of sp³-hybridized carbons (Fsp3) is 0.667. The van der Waals surface area contributed by atoms with Gasteiger partial charge in [0, 0.05) is 20.1 Å². The average Bonchev–Trinajstić information content (AvgIpc) is 2.30. The average molecular weight is 238 g/mol. The Morgan fingerprint density at radius 1 is 1.35 bits per heavy atom. The predicted octanol–water partition coefficient (Wildman–Crippen LogP) is 1.06. The van der Waals surface area contributed by atoms with E-state index in [9.17, 15) is 0 Å². The van der Waals surface area contributed by atoms with Gasteiger partial charge in [-0.15, -0.1) is 0 Å². The van der Waals surface area contributed by atoms with Crippen molar-refractivity contribution in [2.75, 3.05) is 32.1 Å². The van der Waals surface area contributed by atoms with E-state index in [1.54, 1.807) is 12.4 Å². The van der Waals surface area contributed by atoms with E-state index in [-0.39, 0.29) is 6.10 Å². The van der Waals surface area contributed by atoms with Crippen LogP contribution < -0.4 is 10.2 Å². The van der Waals surface area contributed by atoms with Crippen LogP contribution in [-0.4, -0.2) is 43.3 Å². The second kappa shape index (κ2) is 7.19. The molecule has 1 rings (SSSR count). The van der Waals surface area contributed by atoms with Gasteiger partial charge in [-0.3, -0.25) is 4.98 Å². The Morgan fingerprint density at radius 2 is 2.12 bits per heavy atom. The summed E-state index contributed by atoms with van der Waals surface area (Å²) in [7, 11) is 3.89. The van der Waals surface area contributed by atoms with Crippen LogP contribution in [0.4, 0.5) is 5.82 Å². The van der Waals surface area contributed by atoms with Crippen LogP contribution in [-0.2, 0) is 11.3 Å². The minimum Gasteiger partial charge on any atom is -0.377 e. The summed E-state index contributed by atoms with van der Waals surface area (Å²) >= 11 is 0. The molecule has 1 N–H and O–H groups in total. The number of hydrogen-bond acceptors (Lipinski definition) is 5. The molecule has 0 saturated carbocycles. The molecule has 5 nitrogen and oxygen atoms in total. The Labute approximate surface area is 103 Å². The molecule has 0 saturated heterocycles. The lowest BCUT2D eigenvalue weighted by molar-refractivity contribution is 0.0845. The van der Waals surface area contributed by atoms with Crippen molar-refractivity contribution >= 4 is 5.82 Å². The Bertz CT molecular complexity index is 313. The second-order valence-electron chi connectivity index (χ2n) is 4.24. The first-order chi connectivity index (χ1) is 8.13. The zero-order valence-corrected chi connectivity index (χ0v) is 11.1. The molecule has 0 unspecified atom stereocenters. The zero-order chi connectivity index (χ0) is 12.7. The lowest BCUT2D eigenvalue weighted by atomic mass is 10.4. The normalized spacial score (nSPS) is 10.9. The van der Waals surface area contributed by atoms with Crippen LogP contribution in [0.3, 0.4) is 0 Å². The topological polar surface area (TPSA) is 50.3 Å². The summed E-state index contributed by atoms with van der Waals surface area (Å²) in [5, 5.41) is 3.04. The van der Waals surface area contributed by atoms with Crippen molar-refractivity contribution in [3.63, 3.8) is 0 Å². The van der Waals surface area contributed by atoms with Crippen LogP contribution in [0.5, 0.6) is 0 Å². The Hall–Kier alpha value is -1.20. The van der Waals surface area contributed by atoms with Gasteiger partial charge < -0.3 is 15.0 Å². The minimum absolute atomic E-state index is 0.271. The third-order valence-corrected chi connectivity index (χ3v) is 2.32. The standard InChI is InChI=1S/C12H22N4O/c1-10(2)17-6-5-16(4)12-9-14-11(7-13-3)8-15-12/h8-10,13H,5-7H2,1-4H3. The lowest BCUT2D eigenvalue weighted by Crippen LogP contribution is -2.25. The molecule has 17 heavy (non-hydrogen) atoms. The van der Waals surface area contributed by atoms with Gasteiger partial charge in [0.05, 0.1) is 30.8 Å². The monoisotopic (exact) mass is 238 g/mol. The third kappa shape index (κ3) is 5.10. The molecule has 0 amide bonds. The van der Waals surface area contributed by atoms with Gasteiger partial charge in [0.1, 0.15) is 5.82 Å². The Balaban J connectivity index is 2.43. The van der Waals surface area contributed by atoms with Crippen molar-refractivity contribution in [2.24, 2.45) is 0 Å². The highest BCUT2D eigenvalue weighted by atomic mass is 16.5. The first kappa shape index (κ1) is 13.9. The van der Waals surface area contributed by atoms with Gasteiger partial charge in [-0.2, -0.15) is 0 Å². The van der Waals surface area contributed by atoms with Crippen LogP contribution in [0.1, 0.15) is 19.5 Å². The van der Waals surface area contributed by atoms with Crippen molar-refractivity contribution < 1.29 is 4.74 Å². The van der Waals surface area contributed by atoms with Crippen molar-refractivity contribution in [1.29, 1.82) is 0 Å². The molecule has 1 heterocycles. The number of nitrogens with one attached hydrogen (secondary N) is 1. The number of anilines is 1. The quantitative estimate of drug-likeness (QED) is 0.769. The number of hydrogen-bond donors (Lipinski definition) is 1. The molecule has 96 valence electrons. The van der Waals surface area contributed by atoms with Gasteiger partial charge in [0.2, 0.25) is 0 Å². The van der Waals surface area contributed by atoms with Crippen molar-refractivity contribution in [3.05, 3.63) is 18.1 Å². The summed E-state index contributed by atoms with van der Waals surface area (Å²) in [6, 6.07) is 0. The number of likely N-dealkylation sites (N-methyl/N-ethyl adjacent to an activating group) is 1. The van der Waals surface area contributed by atoms with Gasteiger partial charge >= 0.3 is 0 Å². The predicted molar refractivity (Wildman–Crippen MR) is 69.2 cm³/mol. The summed E-state index contributed by atoms with van der Waals surface area (Å²) in [4.78, 5) is 10.7. The smallest absolute Gasteiger partial charge is 0.146 e. The van der Waals surface area contributed by atoms with Crippen molar-refractivity contribution in [1.82, 2.24) is 15.3 Å². The Morgan fingerprint density at radius 3 is 2.65 bits per heavy atom. The summed E-state index contributed by atoms with van der Waals surface area (Å²) in [5.41, 5.74) is 0.947. The minimum atomic E-state index is 0.271. The maximum absolute atomic E-state index is 5.50. The number of ether oxygens (including phenoxy) is 1. The van der Waals surface area contributed by atoms with Crippen LogP contribution in [0.25, 0.3) is 0 Å². The first-order valence-corrected chi connectivity index (χ1v) is 5.91. The highest BCUT2D eigenvalue weighted by Gasteiger charge is 2.03. The van der Waals surface area contributed by atoms with E-state index in [2.05, 4.69) is 15.3 Å². The summed E-state index contributed by atoms with van der Waals surface area (Å²) in [6.45, 7) is 6.33. The molecular formula is C12H22N4O. The fourth-order valence-corrected chi connectivity index (χ4v) is 1.36. The van der Waals surface area contributed by atoms with E-state index < -0.39 is 0 Å². The summed E-state index contributed by atoms with van der Waals surface area (Å²) in [5.74, 6) is 0.872. The highest BCUT2D eigenvalue weighted by molar-refractivity contribution is 5.34. The lowest BCUT2D eigenvalue weighted by Gasteiger charge is -2.18. The molecule has 0 radical (unpaired) electrons. The molecule has 5 heteroatoms.